The number of anilines is 1. The lowest BCUT2D eigenvalue weighted by Crippen LogP contribution is -2.34. The van der Waals surface area contributed by atoms with Crippen LogP contribution in [0.2, 0.25) is 0 Å². The summed E-state index contributed by atoms with van der Waals surface area (Å²) in [5.74, 6) is 1.13. The van der Waals surface area contributed by atoms with Gasteiger partial charge in [-0.25, -0.2) is 13.9 Å². The van der Waals surface area contributed by atoms with E-state index in [4.69, 9.17) is 15.7 Å². The van der Waals surface area contributed by atoms with E-state index in [2.05, 4.69) is 5.11 Å². The molecule has 0 unspecified atom stereocenters. The second-order valence-electron chi connectivity index (χ2n) is 7.32. The largest absolute Gasteiger partial charge is 0.457 e. The van der Waals surface area contributed by atoms with Crippen molar-refractivity contribution in [3.8, 4) is 11.5 Å². The monoisotopic (exact) mass is 436 g/mol. The lowest BCUT2D eigenvalue weighted by atomic mass is 10.1. The van der Waals surface area contributed by atoms with Crippen LogP contribution < -0.4 is 9.04 Å². The van der Waals surface area contributed by atoms with Gasteiger partial charge in [0.2, 0.25) is 0 Å². The zero-order valence-electron chi connectivity index (χ0n) is 17.3. The van der Waals surface area contributed by atoms with Crippen molar-refractivity contribution >= 4 is 21.5 Å². The van der Waals surface area contributed by atoms with E-state index in [-0.39, 0.29) is 16.6 Å². The Morgan fingerprint density at radius 3 is 2.06 bits per heavy atom. The van der Waals surface area contributed by atoms with Crippen molar-refractivity contribution in [1.29, 1.82) is 10.9 Å². The third-order valence-corrected chi connectivity index (χ3v) is 6.27. The summed E-state index contributed by atoms with van der Waals surface area (Å²) in [5, 5.41) is 10.7. The van der Waals surface area contributed by atoms with Gasteiger partial charge in [0.05, 0.1) is 10.6 Å². The number of para-hydroxylation sites is 1. The molecule has 0 heterocycles. The standard InChI is InChI=1S/C23H24N4O3S/c1-17(2)16-27(19-10-8-18(9-11-19)23(24)26-25)31(28,29)22-14-12-21(13-15-22)30-20-6-4-3-5-7-20/h3-15,17,24-25H,16H2,1-2H3. The van der Waals surface area contributed by atoms with Crippen LogP contribution in [0.5, 0.6) is 11.5 Å². The van der Waals surface area contributed by atoms with Gasteiger partial charge in [-0.2, -0.15) is 0 Å². The Bertz CT molecular complexity index is 1140. The number of amidine groups is 1. The fourth-order valence-electron chi connectivity index (χ4n) is 2.96. The Labute approximate surface area is 182 Å². The number of ether oxygens (including phenoxy) is 1. The molecule has 0 fully saturated rings. The van der Waals surface area contributed by atoms with E-state index in [9.17, 15) is 8.42 Å². The van der Waals surface area contributed by atoms with Gasteiger partial charge in [-0.05, 0) is 66.6 Å². The van der Waals surface area contributed by atoms with Crippen LogP contribution >= 0.6 is 0 Å². The fraction of sp³-hybridized carbons (Fsp3) is 0.174. The van der Waals surface area contributed by atoms with Gasteiger partial charge >= 0.3 is 0 Å². The van der Waals surface area contributed by atoms with Crippen LogP contribution in [0, 0.1) is 16.9 Å². The van der Waals surface area contributed by atoms with Gasteiger partial charge in [0.15, 0.2) is 5.84 Å². The number of nitrogens with zero attached hydrogens (tertiary/aromatic N) is 2. The lowest BCUT2D eigenvalue weighted by Gasteiger charge is -2.26. The number of benzene rings is 3. The molecule has 0 spiro atoms. The summed E-state index contributed by atoms with van der Waals surface area (Å²) in [7, 11) is -3.81. The van der Waals surface area contributed by atoms with Crippen molar-refractivity contribution < 1.29 is 13.2 Å². The van der Waals surface area contributed by atoms with E-state index in [1.165, 1.54) is 16.4 Å². The quantitative estimate of drug-likeness (QED) is 0.269. The highest BCUT2D eigenvalue weighted by Crippen LogP contribution is 2.28. The van der Waals surface area contributed by atoms with Gasteiger partial charge in [0.25, 0.3) is 10.0 Å². The van der Waals surface area contributed by atoms with Gasteiger partial charge in [-0.3, -0.25) is 9.71 Å². The summed E-state index contributed by atoms with van der Waals surface area (Å²) in [6.07, 6.45) is 0. The van der Waals surface area contributed by atoms with E-state index < -0.39 is 10.0 Å². The fourth-order valence-corrected chi connectivity index (χ4v) is 4.58. The molecule has 0 aliphatic heterocycles. The molecule has 0 aliphatic rings. The first kappa shape index (κ1) is 22.2. The van der Waals surface area contributed by atoms with Crippen LogP contribution in [-0.4, -0.2) is 20.8 Å². The van der Waals surface area contributed by atoms with E-state index in [0.29, 0.717) is 29.3 Å². The summed E-state index contributed by atoms with van der Waals surface area (Å²) in [6, 6.07) is 22.0. The van der Waals surface area contributed by atoms with E-state index >= 15 is 0 Å². The first-order valence-electron chi connectivity index (χ1n) is 9.73. The average Bonchev–Trinajstić information content (AvgIpc) is 2.78. The Kier molecular flexibility index (Phi) is 6.81. The maximum absolute atomic E-state index is 13.4. The highest BCUT2D eigenvalue weighted by molar-refractivity contribution is 7.92. The number of hydrogen-bond donors (Lipinski definition) is 2. The number of hydrogen-bond acceptors (Lipinski definition) is 5. The summed E-state index contributed by atoms with van der Waals surface area (Å²) in [5.41, 5.74) is 7.89. The van der Waals surface area contributed by atoms with Crippen molar-refractivity contribution in [2.24, 2.45) is 11.0 Å². The highest BCUT2D eigenvalue weighted by atomic mass is 32.2. The molecule has 0 radical (unpaired) electrons. The number of nitrogens with one attached hydrogen (secondary N) is 2. The summed E-state index contributed by atoms with van der Waals surface area (Å²) in [6.45, 7) is 4.19. The van der Waals surface area contributed by atoms with Crippen molar-refractivity contribution in [1.82, 2.24) is 0 Å². The maximum atomic E-state index is 13.4. The molecule has 0 aliphatic carbocycles. The molecule has 3 aromatic rings. The molecular formula is C23H24N4O3S. The van der Waals surface area contributed by atoms with Crippen molar-refractivity contribution in [3.63, 3.8) is 0 Å². The van der Waals surface area contributed by atoms with Crippen molar-refractivity contribution in [3.05, 3.63) is 84.4 Å². The van der Waals surface area contributed by atoms with E-state index in [0.717, 1.165) is 0 Å². The average molecular weight is 437 g/mol. The van der Waals surface area contributed by atoms with Crippen LogP contribution in [0.25, 0.3) is 0 Å². The van der Waals surface area contributed by atoms with E-state index in [1.807, 2.05) is 44.2 Å². The molecule has 0 saturated carbocycles. The second-order valence-corrected chi connectivity index (χ2v) is 9.19. The SMILES string of the molecule is CC(C)CN(c1ccc(C(=N)N=N)cc1)S(=O)(=O)c1ccc(Oc2ccccc2)cc1. The minimum atomic E-state index is -3.81. The first-order valence-corrected chi connectivity index (χ1v) is 11.2. The van der Waals surface area contributed by atoms with Gasteiger partial charge < -0.3 is 4.74 Å². The molecule has 3 aromatic carbocycles. The Morgan fingerprint density at radius 2 is 1.52 bits per heavy atom. The summed E-state index contributed by atoms with van der Waals surface area (Å²) >= 11 is 0. The van der Waals surface area contributed by atoms with Crippen molar-refractivity contribution in [2.75, 3.05) is 10.8 Å². The van der Waals surface area contributed by atoms with E-state index in [1.54, 1.807) is 36.4 Å². The second kappa shape index (κ2) is 9.53. The third-order valence-electron chi connectivity index (χ3n) is 4.46. The summed E-state index contributed by atoms with van der Waals surface area (Å²) < 4.78 is 33.9. The molecule has 0 amide bonds. The normalized spacial score (nSPS) is 11.2. The van der Waals surface area contributed by atoms with Gasteiger partial charge in [-0.15, -0.1) is 5.11 Å². The zero-order chi connectivity index (χ0) is 22.4. The summed E-state index contributed by atoms with van der Waals surface area (Å²) in [4.78, 5) is 0.159. The predicted octanol–water partition coefficient (Wildman–Crippen LogP) is 5.69. The molecule has 0 bridgehead atoms. The molecule has 0 atom stereocenters. The minimum Gasteiger partial charge on any atom is -0.457 e. The number of rotatable bonds is 8. The third kappa shape index (κ3) is 5.35. The molecular weight excluding hydrogens is 412 g/mol. The first-order chi connectivity index (χ1) is 14.8. The molecule has 0 aromatic heterocycles. The van der Waals surface area contributed by atoms with Crippen LogP contribution in [0.1, 0.15) is 19.4 Å². The number of sulfonamides is 1. The molecule has 3 rings (SSSR count). The molecule has 8 heteroatoms. The van der Waals surface area contributed by atoms with Gasteiger partial charge in [0.1, 0.15) is 11.5 Å². The Morgan fingerprint density at radius 1 is 0.935 bits per heavy atom. The molecule has 160 valence electrons. The smallest absolute Gasteiger partial charge is 0.264 e. The topological polar surface area (TPSA) is 107 Å². The van der Waals surface area contributed by atoms with Crippen molar-refractivity contribution in [2.45, 2.75) is 18.7 Å². The minimum absolute atomic E-state index is 0.0941. The van der Waals surface area contributed by atoms with Crippen LogP contribution in [0.4, 0.5) is 5.69 Å². The molecule has 31 heavy (non-hydrogen) atoms. The van der Waals surface area contributed by atoms with Gasteiger partial charge in [0, 0.05) is 12.1 Å². The molecule has 7 nitrogen and oxygen atoms in total. The lowest BCUT2D eigenvalue weighted by molar-refractivity contribution is 0.482. The van der Waals surface area contributed by atoms with Crippen LogP contribution in [-0.2, 0) is 10.0 Å². The zero-order valence-corrected chi connectivity index (χ0v) is 18.1. The Hall–Kier alpha value is -3.52. The molecule has 2 N–H and O–H groups in total. The predicted molar refractivity (Wildman–Crippen MR) is 121 cm³/mol. The highest BCUT2D eigenvalue weighted by Gasteiger charge is 2.26. The van der Waals surface area contributed by atoms with Gasteiger partial charge in [-0.1, -0.05) is 32.0 Å². The molecule has 0 saturated heterocycles. The van der Waals surface area contributed by atoms with Crippen LogP contribution in [0.3, 0.4) is 0 Å². The maximum Gasteiger partial charge on any atom is 0.264 e. The Balaban J connectivity index is 1.89. The van der Waals surface area contributed by atoms with Crippen LogP contribution in [0.15, 0.2) is 88.9 Å².